The molecule has 1 aromatic carbocycles. The number of aryl methyl sites for hydroxylation is 1. The van der Waals surface area contributed by atoms with Crippen molar-refractivity contribution in [1.29, 1.82) is 0 Å². The third kappa shape index (κ3) is 5.73. The Kier molecular flexibility index (Phi) is 7.14. The molecule has 1 fully saturated rings. The quantitative estimate of drug-likeness (QED) is 0.716. The van der Waals surface area contributed by atoms with Gasteiger partial charge in [-0.15, -0.1) is 0 Å². The van der Waals surface area contributed by atoms with Gasteiger partial charge in [0, 0.05) is 39.3 Å². The first-order valence-corrected chi connectivity index (χ1v) is 10.3. The lowest BCUT2D eigenvalue weighted by Crippen LogP contribution is -2.43. The molecule has 1 saturated heterocycles. The van der Waals surface area contributed by atoms with Crippen LogP contribution in [0.3, 0.4) is 0 Å². The van der Waals surface area contributed by atoms with Crippen LogP contribution in [0.5, 0.6) is 0 Å². The zero-order valence-corrected chi connectivity index (χ0v) is 17.2. The van der Waals surface area contributed by atoms with Gasteiger partial charge in [0.25, 0.3) is 11.5 Å². The van der Waals surface area contributed by atoms with Crippen LogP contribution in [0.2, 0.25) is 0 Å². The van der Waals surface area contributed by atoms with Crippen molar-refractivity contribution in [3.63, 3.8) is 0 Å². The van der Waals surface area contributed by atoms with Crippen molar-refractivity contribution in [3.8, 4) is 0 Å². The largest absolute Gasteiger partial charge is 0.337 e. The van der Waals surface area contributed by atoms with Crippen LogP contribution in [0.25, 0.3) is 0 Å². The number of carbonyl (C=O) groups is 1. The van der Waals surface area contributed by atoms with Crippen LogP contribution in [-0.4, -0.2) is 58.2 Å². The molecule has 0 N–H and O–H groups in total. The van der Waals surface area contributed by atoms with Gasteiger partial charge in [-0.3, -0.25) is 9.59 Å². The summed E-state index contributed by atoms with van der Waals surface area (Å²) >= 11 is 0. The van der Waals surface area contributed by atoms with E-state index in [2.05, 4.69) is 10.00 Å². The number of hydrogen-bond donors (Lipinski definition) is 0. The van der Waals surface area contributed by atoms with Crippen molar-refractivity contribution < 1.29 is 9.18 Å². The summed E-state index contributed by atoms with van der Waals surface area (Å²) in [4.78, 5) is 28.6. The minimum atomic E-state index is -0.231. The summed E-state index contributed by atoms with van der Waals surface area (Å²) in [5, 5.41) is 4.09. The number of likely N-dealkylation sites (tertiary alicyclic amines) is 1. The van der Waals surface area contributed by atoms with Crippen LogP contribution in [0.1, 0.15) is 35.8 Å². The Morgan fingerprint density at radius 2 is 2.14 bits per heavy atom. The monoisotopic (exact) mass is 400 g/mol. The molecule has 0 unspecified atom stereocenters. The van der Waals surface area contributed by atoms with Gasteiger partial charge in [0.15, 0.2) is 0 Å². The summed E-state index contributed by atoms with van der Waals surface area (Å²) in [6.45, 7) is 6.10. The second-order valence-electron chi connectivity index (χ2n) is 7.71. The fourth-order valence-corrected chi connectivity index (χ4v) is 3.93. The third-order valence-electron chi connectivity index (χ3n) is 5.54. The highest BCUT2D eigenvalue weighted by Gasteiger charge is 2.25. The van der Waals surface area contributed by atoms with Crippen molar-refractivity contribution in [2.24, 2.45) is 13.0 Å². The fourth-order valence-electron chi connectivity index (χ4n) is 3.93. The van der Waals surface area contributed by atoms with Gasteiger partial charge in [-0.05, 0) is 62.4 Å². The lowest BCUT2D eigenvalue weighted by molar-refractivity contribution is 0.0682. The molecule has 1 atom stereocenters. The predicted octanol–water partition coefficient (Wildman–Crippen LogP) is 2.34. The zero-order chi connectivity index (χ0) is 20.8. The van der Waals surface area contributed by atoms with Gasteiger partial charge < -0.3 is 9.80 Å². The molecule has 156 valence electrons. The molecule has 1 aliphatic rings. The Balaban J connectivity index is 1.56. The molecule has 3 rings (SSSR count). The average molecular weight is 400 g/mol. The number of nitrogens with zero attached hydrogens (tertiary/aromatic N) is 4. The van der Waals surface area contributed by atoms with Gasteiger partial charge in [0.05, 0.1) is 0 Å². The van der Waals surface area contributed by atoms with Crippen LogP contribution in [0.15, 0.2) is 41.2 Å². The number of halogens is 1. The van der Waals surface area contributed by atoms with E-state index in [0.29, 0.717) is 24.7 Å². The molecule has 2 heterocycles. The van der Waals surface area contributed by atoms with Crippen molar-refractivity contribution >= 4 is 5.91 Å². The summed E-state index contributed by atoms with van der Waals surface area (Å²) in [5.41, 5.74) is 1.08. The van der Waals surface area contributed by atoms with Crippen molar-refractivity contribution in [1.82, 2.24) is 19.6 Å². The number of piperidine rings is 1. The first kappa shape index (κ1) is 21.2. The van der Waals surface area contributed by atoms with Gasteiger partial charge in [0.2, 0.25) is 0 Å². The minimum Gasteiger partial charge on any atom is -0.337 e. The summed E-state index contributed by atoms with van der Waals surface area (Å²) in [7, 11) is 1.55. The Bertz CT molecular complexity index is 898. The maximum Gasteiger partial charge on any atom is 0.274 e. The summed E-state index contributed by atoms with van der Waals surface area (Å²) < 4.78 is 14.6. The van der Waals surface area contributed by atoms with E-state index in [1.165, 1.54) is 22.9 Å². The molecular formula is C22H29FN4O2. The SMILES string of the molecule is CCN(C[C@@H]1CCCN(CCc2cccc(F)c2)C1)C(=O)c1ccc(=O)n(C)n1. The number of amides is 1. The number of aromatic nitrogens is 2. The average Bonchev–Trinajstić information content (AvgIpc) is 2.72. The van der Waals surface area contributed by atoms with Crippen LogP contribution in [0, 0.1) is 11.7 Å². The molecule has 0 bridgehead atoms. The van der Waals surface area contributed by atoms with Gasteiger partial charge in [-0.2, -0.15) is 5.10 Å². The molecule has 0 radical (unpaired) electrons. The normalized spacial score (nSPS) is 17.3. The molecule has 0 aliphatic carbocycles. The summed E-state index contributed by atoms with van der Waals surface area (Å²) in [6, 6.07) is 9.65. The maximum atomic E-state index is 13.4. The smallest absolute Gasteiger partial charge is 0.274 e. The highest BCUT2D eigenvalue weighted by atomic mass is 19.1. The Labute approximate surface area is 170 Å². The molecule has 2 aromatic rings. The zero-order valence-electron chi connectivity index (χ0n) is 17.2. The van der Waals surface area contributed by atoms with Crippen LogP contribution >= 0.6 is 0 Å². The van der Waals surface area contributed by atoms with E-state index in [1.54, 1.807) is 19.2 Å². The maximum absolute atomic E-state index is 13.4. The molecule has 29 heavy (non-hydrogen) atoms. The molecule has 1 aliphatic heterocycles. The highest BCUT2D eigenvalue weighted by molar-refractivity contribution is 5.92. The van der Waals surface area contributed by atoms with Crippen molar-refractivity contribution in [2.75, 3.05) is 32.7 Å². The summed E-state index contributed by atoms with van der Waals surface area (Å²) in [6.07, 6.45) is 3.00. The first-order valence-electron chi connectivity index (χ1n) is 10.3. The summed E-state index contributed by atoms with van der Waals surface area (Å²) in [5.74, 6) is 0.0656. The Morgan fingerprint density at radius 1 is 1.31 bits per heavy atom. The molecule has 1 amide bonds. The van der Waals surface area contributed by atoms with Crippen molar-refractivity contribution in [3.05, 3.63) is 63.8 Å². The first-order chi connectivity index (χ1) is 14.0. The van der Waals surface area contributed by atoms with E-state index < -0.39 is 0 Å². The minimum absolute atomic E-state index is 0.139. The highest BCUT2D eigenvalue weighted by Crippen LogP contribution is 2.19. The second-order valence-corrected chi connectivity index (χ2v) is 7.71. The standard InChI is InChI=1S/C22H29FN4O2/c1-3-27(22(29)20-9-10-21(28)25(2)24-20)16-18-7-5-12-26(15-18)13-11-17-6-4-8-19(23)14-17/h4,6,8-10,14,18H,3,5,7,11-13,15-16H2,1-2H3/t18-/m1/s1. The van der Waals surface area contributed by atoms with E-state index >= 15 is 0 Å². The van der Waals surface area contributed by atoms with Gasteiger partial charge in [-0.1, -0.05) is 12.1 Å². The van der Waals surface area contributed by atoms with Crippen molar-refractivity contribution in [2.45, 2.75) is 26.2 Å². The lowest BCUT2D eigenvalue weighted by atomic mass is 9.96. The molecule has 0 saturated carbocycles. The van der Waals surface area contributed by atoms with E-state index in [4.69, 9.17) is 0 Å². The number of rotatable bonds is 7. The molecular weight excluding hydrogens is 371 g/mol. The molecule has 1 aromatic heterocycles. The number of carbonyl (C=O) groups excluding carboxylic acids is 1. The number of benzene rings is 1. The van der Waals surface area contributed by atoms with Crippen LogP contribution in [0.4, 0.5) is 4.39 Å². The van der Waals surface area contributed by atoms with Crippen LogP contribution in [-0.2, 0) is 13.5 Å². The number of hydrogen-bond acceptors (Lipinski definition) is 4. The predicted molar refractivity (Wildman–Crippen MR) is 110 cm³/mol. The lowest BCUT2D eigenvalue weighted by Gasteiger charge is -2.35. The van der Waals surface area contributed by atoms with Crippen LogP contribution < -0.4 is 5.56 Å². The van der Waals surface area contributed by atoms with Gasteiger partial charge >= 0.3 is 0 Å². The van der Waals surface area contributed by atoms with E-state index in [-0.39, 0.29) is 17.3 Å². The van der Waals surface area contributed by atoms with Gasteiger partial charge in [0.1, 0.15) is 11.5 Å². The fraction of sp³-hybridized carbons (Fsp3) is 0.500. The Hall–Kier alpha value is -2.54. The third-order valence-corrected chi connectivity index (χ3v) is 5.54. The van der Waals surface area contributed by atoms with E-state index in [1.807, 2.05) is 17.9 Å². The van der Waals surface area contributed by atoms with Gasteiger partial charge in [-0.25, -0.2) is 9.07 Å². The van der Waals surface area contributed by atoms with E-state index in [0.717, 1.165) is 44.5 Å². The second kappa shape index (κ2) is 9.78. The molecule has 6 nitrogen and oxygen atoms in total. The topological polar surface area (TPSA) is 58.4 Å². The van der Waals surface area contributed by atoms with E-state index in [9.17, 15) is 14.0 Å². The Morgan fingerprint density at radius 3 is 2.86 bits per heavy atom. The molecule has 0 spiro atoms. The molecule has 7 heteroatoms.